The van der Waals surface area contributed by atoms with E-state index in [1.165, 1.54) is 0 Å². The molecular weight excluding hydrogens is 278 g/mol. The molecule has 0 aliphatic rings. The number of benzene rings is 1. The van der Waals surface area contributed by atoms with Gasteiger partial charge in [0.1, 0.15) is 0 Å². The summed E-state index contributed by atoms with van der Waals surface area (Å²) in [5, 5.41) is 8.84. The molecule has 0 saturated heterocycles. The van der Waals surface area contributed by atoms with Crippen molar-refractivity contribution in [3.63, 3.8) is 0 Å². The monoisotopic (exact) mass is 293 g/mol. The number of rotatable bonds is 6. The van der Waals surface area contributed by atoms with E-state index >= 15 is 0 Å². The Morgan fingerprint density at radius 2 is 1.85 bits per heavy atom. The number of carboxylic acid groups (broad SMARTS) is 1. The van der Waals surface area contributed by atoms with Crippen LogP contribution in [0.2, 0.25) is 0 Å². The van der Waals surface area contributed by atoms with Crippen LogP contribution >= 0.6 is 0 Å². The van der Waals surface area contributed by atoms with Gasteiger partial charge in [-0.3, -0.25) is 4.79 Å². The van der Waals surface area contributed by atoms with Gasteiger partial charge in [-0.15, -0.1) is 0 Å². The predicted molar refractivity (Wildman–Crippen MR) is 63.9 cm³/mol. The van der Waals surface area contributed by atoms with Crippen LogP contribution in [-0.4, -0.2) is 17.6 Å². The Morgan fingerprint density at radius 1 is 1.25 bits per heavy atom. The maximum absolute atomic E-state index is 13.5. The van der Waals surface area contributed by atoms with Gasteiger partial charge in [-0.2, -0.15) is 0 Å². The Hall–Kier alpha value is -1.63. The van der Waals surface area contributed by atoms with Gasteiger partial charge in [-0.25, -0.2) is 17.6 Å². The molecule has 0 heterocycles. The zero-order valence-corrected chi connectivity index (χ0v) is 10.8. The van der Waals surface area contributed by atoms with Crippen LogP contribution in [0.15, 0.2) is 6.07 Å². The lowest BCUT2D eigenvalue weighted by Gasteiger charge is -2.16. The predicted octanol–water partition coefficient (Wildman–Crippen LogP) is 2.47. The average Bonchev–Trinajstić information content (AvgIpc) is 2.39. The number of hydrogen-bond acceptors (Lipinski definition) is 2. The number of nitrogens with two attached hydrogens (primary N) is 1. The van der Waals surface area contributed by atoms with Crippen LogP contribution in [0.5, 0.6) is 0 Å². The highest BCUT2D eigenvalue weighted by Crippen LogP contribution is 2.23. The third-order valence-corrected chi connectivity index (χ3v) is 3.07. The minimum atomic E-state index is -1.86. The number of halogens is 4. The third kappa shape index (κ3) is 3.69. The van der Waals surface area contributed by atoms with Crippen LogP contribution in [0.3, 0.4) is 0 Å². The molecule has 0 aliphatic heterocycles. The van der Waals surface area contributed by atoms with Crippen LogP contribution in [0.1, 0.15) is 18.9 Å². The molecule has 0 fully saturated rings. The molecule has 1 rings (SSSR count). The van der Waals surface area contributed by atoms with Gasteiger partial charge in [-0.05, 0) is 30.4 Å². The molecule has 2 unspecified atom stereocenters. The van der Waals surface area contributed by atoms with Gasteiger partial charge < -0.3 is 10.8 Å². The molecule has 20 heavy (non-hydrogen) atoms. The van der Waals surface area contributed by atoms with E-state index in [-0.39, 0.29) is 30.9 Å². The van der Waals surface area contributed by atoms with Gasteiger partial charge >= 0.3 is 5.97 Å². The first-order valence-electron chi connectivity index (χ1n) is 6.02. The van der Waals surface area contributed by atoms with Crippen LogP contribution < -0.4 is 5.73 Å². The summed E-state index contributed by atoms with van der Waals surface area (Å²) in [5.41, 5.74) is 4.96. The maximum atomic E-state index is 13.5. The second-order valence-electron chi connectivity index (χ2n) is 4.78. The van der Waals surface area contributed by atoms with Gasteiger partial charge in [0.15, 0.2) is 23.3 Å². The molecule has 0 saturated carbocycles. The van der Waals surface area contributed by atoms with E-state index in [4.69, 9.17) is 10.8 Å². The maximum Gasteiger partial charge on any atom is 0.307 e. The highest BCUT2D eigenvalue weighted by atomic mass is 19.2. The van der Waals surface area contributed by atoms with Gasteiger partial charge in [0.25, 0.3) is 0 Å². The molecule has 0 aromatic heterocycles. The van der Waals surface area contributed by atoms with Crippen molar-refractivity contribution in [3.05, 3.63) is 34.9 Å². The summed E-state index contributed by atoms with van der Waals surface area (Å²) in [6, 6.07) is 0.586. The minimum absolute atomic E-state index is 0.0890. The number of carbonyl (C=O) groups is 1. The molecule has 0 amide bonds. The lowest BCUT2D eigenvalue weighted by molar-refractivity contribution is -0.141. The Balaban J connectivity index is 2.86. The molecule has 0 bridgehead atoms. The molecule has 3 nitrogen and oxygen atoms in total. The van der Waals surface area contributed by atoms with Gasteiger partial charge in [-0.1, -0.05) is 6.92 Å². The van der Waals surface area contributed by atoms with Crippen molar-refractivity contribution in [2.45, 2.75) is 19.8 Å². The molecule has 112 valence electrons. The lowest BCUT2D eigenvalue weighted by atomic mass is 9.90. The van der Waals surface area contributed by atoms with Gasteiger partial charge in [0.05, 0.1) is 5.92 Å². The van der Waals surface area contributed by atoms with E-state index in [1.807, 2.05) is 0 Å². The second kappa shape index (κ2) is 6.69. The van der Waals surface area contributed by atoms with Crippen molar-refractivity contribution in [2.75, 3.05) is 6.54 Å². The van der Waals surface area contributed by atoms with E-state index in [9.17, 15) is 22.4 Å². The Labute approximate surface area is 113 Å². The molecule has 0 aliphatic carbocycles. The fourth-order valence-electron chi connectivity index (χ4n) is 2.01. The number of aliphatic carboxylic acids is 1. The Bertz CT molecular complexity index is 508. The molecule has 0 spiro atoms. The Morgan fingerprint density at radius 3 is 2.35 bits per heavy atom. The van der Waals surface area contributed by atoms with E-state index < -0.39 is 35.2 Å². The van der Waals surface area contributed by atoms with Crippen LogP contribution in [-0.2, 0) is 11.2 Å². The summed E-state index contributed by atoms with van der Waals surface area (Å²) in [6.45, 7) is 1.51. The molecule has 1 aromatic rings. The highest BCUT2D eigenvalue weighted by molar-refractivity contribution is 5.70. The summed E-state index contributed by atoms with van der Waals surface area (Å²) >= 11 is 0. The molecule has 1 aromatic carbocycles. The third-order valence-electron chi connectivity index (χ3n) is 3.07. The van der Waals surface area contributed by atoms with Crippen LogP contribution in [0, 0.1) is 35.1 Å². The van der Waals surface area contributed by atoms with E-state index in [2.05, 4.69) is 0 Å². The van der Waals surface area contributed by atoms with Gasteiger partial charge in [0, 0.05) is 6.54 Å². The van der Waals surface area contributed by atoms with Crippen molar-refractivity contribution in [1.82, 2.24) is 0 Å². The smallest absolute Gasteiger partial charge is 0.307 e. The Kier molecular flexibility index (Phi) is 5.50. The summed E-state index contributed by atoms with van der Waals surface area (Å²) in [4.78, 5) is 10.8. The zero-order valence-electron chi connectivity index (χ0n) is 10.8. The summed E-state index contributed by atoms with van der Waals surface area (Å²) in [5.74, 6) is -8.92. The second-order valence-corrected chi connectivity index (χ2v) is 4.78. The van der Waals surface area contributed by atoms with Gasteiger partial charge in [0.2, 0.25) is 0 Å². The average molecular weight is 293 g/mol. The first-order chi connectivity index (χ1) is 9.27. The zero-order chi connectivity index (χ0) is 15.4. The van der Waals surface area contributed by atoms with Crippen molar-refractivity contribution in [1.29, 1.82) is 0 Å². The molecule has 3 N–H and O–H groups in total. The van der Waals surface area contributed by atoms with E-state index in [0.29, 0.717) is 6.07 Å². The molecule has 7 heteroatoms. The molecular formula is C13H15F4NO2. The van der Waals surface area contributed by atoms with Crippen molar-refractivity contribution in [2.24, 2.45) is 17.6 Å². The largest absolute Gasteiger partial charge is 0.481 e. The van der Waals surface area contributed by atoms with Crippen molar-refractivity contribution >= 4 is 5.97 Å². The fraction of sp³-hybridized carbons (Fsp3) is 0.462. The van der Waals surface area contributed by atoms with E-state index in [0.717, 1.165) is 0 Å². The minimum Gasteiger partial charge on any atom is -0.481 e. The van der Waals surface area contributed by atoms with Crippen LogP contribution in [0.4, 0.5) is 17.6 Å². The molecule has 0 radical (unpaired) electrons. The highest BCUT2D eigenvalue weighted by Gasteiger charge is 2.23. The molecule has 2 atom stereocenters. The SMILES string of the molecule is CC(Cc1cc(F)c(F)c(F)c1F)CC(CN)C(=O)O. The summed E-state index contributed by atoms with van der Waals surface area (Å²) in [6.07, 6.45) is 0.0234. The van der Waals surface area contributed by atoms with Crippen molar-refractivity contribution < 1.29 is 27.5 Å². The lowest BCUT2D eigenvalue weighted by Crippen LogP contribution is -2.25. The quantitative estimate of drug-likeness (QED) is 0.481. The summed E-state index contributed by atoms with van der Waals surface area (Å²) < 4.78 is 52.3. The topological polar surface area (TPSA) is 63.3 Å². The summed E-state index contributed by atoms with van der Waals surface area (Å²) in [7, 11) is 0. The number of carboxylic acids is 1. The van der Waals surface area contributed by atoms with E-state index in [1.54, 1.807) is 6.92 Å². The normalized spacial score (nSPS) is 14.1. The van der Waals surface area contributed by atoms with Crippen LogP contribution in [0.25, 0.3) is 0 Å². The fourth-order valence-corrected chi connectivity index (χ4v) is 2.01. The first-order valence-corrected chi connectivity index (χ1v) is 6.02. The number of hydrogen-bond donors (Lipinski definition) is 2. The van der Waals surface area contributed by atoms with Crippen molar-refractivity contribution in [3.8, 4) is 0 Å². The standard InChI is InChI=1S/C13H15F4NO2/c1-6(3-8(5-18)13(19)20)2-7-4-9(14)11(16)12(17)10(7)15/h4,6,8H,2-3,5,18H2,1H3,(H,19,20). The first kappa shape index (κ1) is 16.4.